The second-order valence-electron chi connectivity index (χ2n) is 28.6. The molecular formula is C74H144O17P2. The molecule has 0 amide bonds. The maximum absolute atomic E-state index is 13.1. The molecule has 2 unspecified atom stereocenters. The number of carbonyl (C=O) groups is 4. The van der Waals surface area contributed by atoms with Crippen molar-refractivity contribution in [3.63, 3.8) is 0 Å². The lowest BCUT2D eigenvalue weighted by Crippen LogP contribution is -2.30. The molecule has 0 bridgehead atoms. The number of unbranched alkanes of at least 4 members (excludes halogenated alkanes) is 37. The number of hydrogen-bond donors (Lipinski definition) is 3. The molecule has 552 valence electrons. The first-order valence-electron chi connectivity index (χ1n) is 38.2. The van der Waals surface area contributed by atoms with Gasteiger partial charge >= 0.3 is 39.5 Å². The molecule has 17 nitrogen and oxygen atoms in total. The summed E-state index contributed by atoms with van der Waals surface area (Å²) < 4.78 is 68.4. The van der Waals surface area contributed by atoms with Crippen molar-refractivity contribution in [2.75, 3.05) is 39.6 Å². The Balaban J connectivity index is 5.24. The number of aliphatic hydroxyl groups is 1. The molecule has 0 aliphatic rings. The summed E-state index contributed by atoms with van der Waals surface area (Å²) in [7, 11) is -9.91. The summed E-state index contributed by atoms with van der Waals surface area (Å²) in [5.41, 5.74) is 0. The maximum atomic E-state index is 13.1. The summed E-state index contributed by atoms with van der Waals surface area (Å²) in [6, 6.07) is 0. The van der Waals surface area contributed by atoms with Crippen LogP contribution in [0.1, 0.15) is 370 Å². The van der Waals surface area contributed by atoms with Gasteiger partial charge in [-0.2, -0.15) is 0 Å². The highest BCUT2D eigenvalue weighted by atomic mass is 31.2. The van der Waals surface area contributed by atoms with Crippen molar-refractivity contribution in [1.82, 2.24) is 0 Å². The standard InChI is InChI=1S/C74H144O17P2/c1-64(2)50-42-34-26-20-15-11-9-13-17-23-29-38-46-54-71(76)84-60-69(90-73(78)56-48-40-30-24-18-14-10-12-16-21-27-35-43-51-65(3)4)62-88-92(80,81)86-58-68(75)59-87-93(82,83)89-63-70(61-85-72(77)55-47-39-33-32-37-45-53-67(7)8)91-74(79)57-49-41-31-25-19-22-28-36-44-52-66(5)6/h64-70,75H,9-63H2,1-8H3,(H,80,81)(H,82,83)/t68-,69-,70-/m1/s1. The largest absolute Gasteiger partial charge is 0.472 e. The average Bonchev–Trinajstić information content (AvgIpc) is 2.31. The van der Waals surface area contributed by atoms with Crippen LogP contribution in [0.15, 0.2) is 0 Å². The number of phosphoric ester groups is 2. The molecule has 0 saturated heterocycles. The highest BCUT2D eigenvalue weighted by Gasteiger charge is 2.30. The van der Waals surface area contributed by atoms with Gasteiger partial charge in [-0.1, -0.05) is 319 Å². The van der Waals surface area contributed by atoms with Crippen LogP contribution in [0.5, 0.6) is 0 Å². The van der Waals surface area contributed by atoms with Gasteiger partial charge in [-0.15, -0.1) is 0 Å². The molecule has 0 spiro atoms. The number of ether oxygens (including phenoxy) is 4. The Labute approximate surface area is 568 Å². The van der Waals surface area contributed by atoms with E-state index in [1.807, 2.05) is 0 Å². The fourth-order valence-electron chi connectivity index (χ4n) is 11.2. The molecule has 0 rings (SSSR count). The van der Waals surface area contributed by atoms with Crippen LogP contribution in [0.25, 0.3) is 0 Å². The van der Waals surface area contributed by atoms with Gasteiger partial charge in [0.25, 0.3) is 0 Å². The van der Waals surface area contributed by atoms with Crippen molar-refractivity contribution in [1.29, 1.82) is 0 Å². The molecule has 0 aliphatic heterocycles. The Hall–Kier alpha value is -1.94. The number of esters is 4. The van der Waals surface area contributed by atoms with Crippen LogP contribution in [0, 0.1) is 23.7 Å². The number of rotatable bonds is 71. The van der Waals surface area contributed by atoms with E-state index in [2.05, 4.69) is 55.4 Å². The van der Waals surface area contributed by atoms with Gasteiger partial charge in [0.15, 0.2) is 12.2 Å². The Morgan fingerprint density at radius 2 is 0.452 bits per heavy atom. The minimum Gasteiger partial charge on any atom is -0.462 e. The summed E-state index contributed by atoms with van der Waals surface area (Å²) >= 11 is 0. The predicted octanol–water partition coefficient (Wildman–Crippen LogP) is 21.3. The van der Waals surface area contributed by atoms with E-state index in [9.17, 15) is 43.2 Å². The van der Waals surface area contributed by atoms with Gasteiger partial charge in [-0.05, 0) is 49.4 Å². The van der Waals surface area contributed by atoms with Crippen LogP contribution in [-0.4, -0.2) is 96.7 Å². The molecule has 19 heteroatoms. The van der Waals surface area contributed by atoms with Gasteiger partial charge in [0.2, 0.25) is 0 Å². The first kappa shape index (κ1) is 91.1. The number of phosphoric acid groups is 2. The van der Waals surface area contributed by atoms with E-state index in [4.69, 9.17) is 37.0 Å². The van der Waals surface area contributed by atoms with Gasteiger partial charge < -0.3 is 33.8 Å². The average molecular weight is 1370 g/mol. The lowest BCUT2D eigenvalue weighted by atomic mass is 10.0. The third-order valence-corrected chi connectivity index (χ3v) is 19.0. The molecule has 5 atom stereocenters. The highest BCUT2D eigenvalue weighted by molar-refractivity contribution is 7.47. The molecule has 93 heavy (non-hydrogen) atoms. The van der Waals surface area contributed by atoms with Gasteiger partial charge in [-0.3, -0.25) is 37.3 Å². The Morgan fingerprint density at radius 3 is 0.667 bits per heavy atom. The van der Waals surface area contributed by atoms with Crippen molar-refractivity contribution in [3.05, 3.63) is 0 Å². The second-order valence-corrected chi connectivity index (χ2v) is 31.5. The molecule has 0 aromatic rings. The fourth-order valence-corrected chi connectivity index (χ4v) is 12.8. The Kier molecular flexibility index (Phi) is 62.2. The molecule has 0 fully saturated rings. The van der Waals surface area contributed by atoms with Crippen LogP contribution in [-0.2, 0) is 65.4 Å². The van der Waals surface area contributed by atoms with Crippen LogP contribution in [0.4, 0.5) is 0 Å². The van der Waals surface area contributed by atoms with Crippen LogP contribution < -0.4 is 0 Å². The molecule has 0 saturated carbocycles. The topological polar surface area (TPSA) is 237 Å². The maximum Gasteiger partial charge on any atom is 0.472 e. The number of hydrogen-bond acceptors (Lipinski definition) is 15. The quantitative estimate of drug-likeness (QED) is 0.0222. The third-order valence-electron chi connectivity index (χ3n) is 17.1. The van der Waals surface area contributed by atoms with E-state index >= 15 is 0 Å². The molecular weight excluding hydrogens is 1220 g/mol. The summed E-state index contributed by atoms with van der Waals surface area (Å²) in [5.74, 6) is 0.868. The van der Waals surface area contributed by atoms with Gasteiger partial charge in [0, 0.05) is 25.7 Å². The van der Waals surface area contributed by atoms with E-state index < -0.39 is 97.5 Å². The van der Waals surface area contributed by atoms with Crippen molar-refractivity contribution < 1.29 is 80.2 Å². The monoisotopic (exact) mass is 1370 g/mol. The molecule has 3 N–H and O–H groups in total. The zero-order valence-electron chi connectivity index (χ0n) is 60.9. The van der Waals surface area contributed by atoms with E-state index in [1.54, 1.807) is 0 Å². The van der Waals surface area contributed by atoms with E-state index in [0.29, 0.717) is 31.6 Å². The lowest BCUT2D eigenvalue weighted by molar-refractivity contribution is -0.161. The van der Waals surface area contributed by atoms with Crippen LogP contribution in [0.2, 0.25) is 0 Å². The summed E-state index contributed by atoms with van der Waals surface area (Å²) in [5, 5.41) is 10.6. The SMILES string of the molecule is CC(C)CCCCCCCCCCCCCCCC(=O)OC[C@H](COP(=O)(O)OC[C@@H](O)COP(=O)(O)OC[C@@H](COC(=O)CCCCCCCCC(C)C)OC(=O)CCCCCCCCCCCC(C)C)OC(=O)CCCCCCCCCCCCCCCC(C)C. The highest BCUT2D eigenvalue weighted by Crippen LogP contribution is 2.45. The first-order chi connectivity index (χ1) is 44.6. The normalized spacial score (nSPS) is 14.2. The van der Waals surface area contributed by atoms with E-state index in [-0.39, 0.29) is 25.7 Å². The number of carbonyl (C=O) groups excluding carboxylic acids is 4. The summed E-state index contributed by atoms with van der Waals surface area (Å²) in [4.78, 5) is 72.7. The van der Waals surface area contributed by atoms with Crippen molar-refractivity contribution >= 4 is 39.5 Å². The summed E-state index contributed by atoms with van der Waals surface area (Å²) in [6.07, 6.45) is 47.3. The first-order valence-corrected chi connectivity index (χ1v) is 41.2. The minimum absolute atomic E-state index is 0.104. The van der Waals surface area contributed by atoms with Crippen LogP contribution >= 0.6 is 15.6 Å². The van der Waals surface area contributed by atoms with E-state index in [1.165, 1.54) is 167 Å². The molecule has 0 aromatic heterocycles. The molecule has 0 aromatic carbocycles. The summed E-state index contributed by atoms with van der Waals surface area (Å²) in [6.45, 7) is 14.1. The van der Waals surface area contributed by atoms with Crippen molar-refractivity contribution in [2.45, 2.75) is 388 Å². The third kappa shape index (κ3) is 68.4. The predicted molar refractivity (Wildman–Crippen MR) is 377 cm³/mol. The minimum atomic E-state index is -4.96. The zero-order chi connectivity index (χ0) is 68.9. The van der Waals surface area contributed by atoms with E-state index in [0.717, 1.165) is 114 Å². The van der Waals surface area contributed by atoms with Crippen molar-refractivity contribution in [3.8, 4) is 0 Å². The van der Waals surface area contributed by atoms with Gasteiger partial charge in [0.05, 0.1) is 26.4 Å². The Morgan fingerprint density at radius 1 is 0.269 bits per heavy atom. The van der Waals surface area contributed by atoms with Crippen LogP contribution in [0.3, 0.4) is 0 Å². The molecule has 0 heterocycles. The fraction of sp³-hybridized carbons (Fsp3) is 0.946. The van der Waals surface area contributed by atoms with Gasteiger partial charge in [0.1, 0.15) is 19.3 Å². The van der Waals surface area contributed by atoms with Crippen molar-refractivity contribution in [2.24, 2.45) is 23.7 Å². The molecule has 0 radical (unpaired) electrons. The Bertz CT molecular complexity index is 1830. The second kappa shape index (κ2) is 63.5. The lowest BCUT2D eigenvalue weighted by Gasteiger charge is -2.21. The zero-order valence-corrected chi connectivity index (χ0v) is 62.7. The smallest absolute Gasteiger partial charge is 0.462 e. The van der Waals surface area contributed by atoms with Gasteiger partial charge in [-0.25, -0.2) is 9.13 Å². The molecule has 0 aliphatic carbocycles. The number of aliphatic hydroxyl groups excluding tert-OH is 1.